The van der Waals surface area contributed by atoms with Gasteiger partial charge >= 0.3 is 0 Å². The summed E-state index contributed by atoms with van der Waals surface area (Å²) in [5.74, 6) is -0.811. The number of hydrogen-bond acceptors (Lipinski definition) is 4. The van der Waals surface area contributed by atoms with Crippen LogP contribution >= 0.6 is 0 Å². The number of amides is 2. The van der Waals surface area contributed by atoms with E-state index in [1.165, 1.54) is 4.90 Å². The van der Waals surface area contributed by atoms with Gasteiger partial charge in [0.2, 0.25) is 5.91 Å². The van der Waals surface area contributed by atoms with E-state index >= 15 is 4.39 Å². The van der Waals surface area contributed by atoms with Crippen LogP contribution in [0.3, 0.4) is 0 Å². The molecule has 28 heavy (non-hydrogen) atoms. The molecule has 0 aliphatic carbocycles. The molecule has 2 aromatic rings. The van der Waals surface area contributed by atoms with Gasteiger partial charge < -0.3 is 16.0 Å². The zero-order valence-electron chi connectivity index (χ0n) is 15.8. The number of benzene rings is 1. The number of nitrogens with zero attached hydrogens (tertiary/aromatic N) is 2. The van der Waals surface area contributed by atoms with Crippen LogP contribution in [-0.4, -0.2) is 27.7 Å². The van der Waals surface area contributed by atoms with Crippen LogP contribution in [-0.2, 0) is 4.79 Å². The number of allylic oxidation sites excluding steroid dienone is 1. The van der Waals surface area contributed by atoms with Gasteiger partial charge in [0.15, 0.2) is 0 Å². The van der Waals surface area contributed by atoms with Gasteiger partial charge in [-0.05, 0) is 56.5 Å². The van der Waals surface area contributed by atoms with Gasteiger partial charge in [0.1, 0.15) is 17.7 Å². The lowest BCUT2D eigenvalue weighted by atomic mass is 9.98. The number of halogens is 1. The quantitative estimate of drug-likeness (QED) is 0.838. The van der Waals surface area contributed by atoms with E-state index in [0.29, 0.717) is 35.6 Å². The molecule has 1 aromatic heterocycles. The number of rotatable bonds is 2. The molecule has 0 radical (unpaired) electrons. The Morgan fingerprint density at radius 3 is 2.68 bits per heavy atom. The topological polar surface area (TPSA) is 88.3 Å². The molecule has 4 rings (SSSR count). The summed E-state index contributed by atoms with van der Waals surface area (Å²) in [5.41, 5.74) is 8.59. The van der Waals surface area contributed by atoms with E-state index in [-0.39, 0.29) is 22.9 Å². The number of pyridine rings is 1. The fourth-order valence-electron chi connectivity index (χ4n) is 4.11. The molecule has 2 atom stereocenters. The number of hydrogen-bond donors (Lipinski definition) is 2. The van der Waals surface area contributed by atoms with Crippen LogP contribution in [0, 0.1) is 12.7 Å². The van der Waals surface area contributed by atoms with Gasteiger partial charge in [-0.3, -0.25) is 9.59 Å². The maximum Gasteiger partial charge on any atom is 0.255 e. The molecule has 1 fully saturated rings. The number of carbonyl (C=O) groups excluding carboxylic acids is 2. The molecular weight excluding hydrogens is 359 g/mol. The second kappa shape index (κ2) is 6.44. The largest absolute Gasteiger partial charge is 0.384 e. The molecule has 0 spiro atoms. The highest BCUT2D eigenvalue weighted by atomic mass is 19.1. The molecule has 2 amide bonds. The van der Waals surface area contributed by atoms with Crippen molar-refractivity contribution in [2.45, 2.75) is 38.8 Å². The Morgan fingerprint density at radius 2 is 2.00 bits per heavy atom. The maximum absolute atomic E-state index is 15.5. The molecule has 0 bridgehead atoms. The first-order valence-electron chi connectivity index (χ1n) is 9.16. The van der Waals surface area contributed by atoms with E-state index in [2.05, 4.69) is 16.9 Å². The van der Waals surface area contributed by atoms with Gasteiger partial charge in [-0.2, -0.15) is 0 Å². The number of carbonyl (C=O) groups is 2. The first kappa shape index (κ1) is 18.2. The van der Waals surface area contributed by atoms with Crippen LogP contribution in [0.2, 0.25) is 0 Å². The zero-order valence-corrected chi connectivity index (χ0v) is 15.8. The molecule has 3 heterocycles. The minimum absolute atomic E-state index is 0.280. The summed E-state index contributed by atoms with van der Waals surface area (Å²) in [7, 11) is 0. The molecule has 2 aliphatic heterocycles. The Labute approximate surface area is 162 Å². The van der Waals surface area contributed by atoms with Crippen LogP contribution < -0.4 is 11.1 Å². The SMILES string of the molecule is C=C1CCC(N2C(=O)c3ccc(-c4cc(C)cc(N)n4)c(F)c3C2C)C(=O)N1. The summed E-state index contributed by atoms with van der Waals surface area (Å²) in [6, 6.07) is 5.40. The molecule has 3 N–H and O–H groups in total. The normalized spacial score (nSPS) is 21.7. The van der Waals surface area contributed by atoms with Gasteiger partial charge in [0.25, 0.3) is 5.91 Å². The summed E-state index contributed by atoms with van der Waals surface area (Å²) in [4.78, 5) is 31.1. The Kier molecular flexibility index (Phi) is 4.18. The predicted octanol–water partition coefficient (Wildman–Crippen LogP) is 3.09. The van der Waals surface area contributed by atoms with E-state index in [9.17, 15) is 9.59 Å². The predicted molar refractivity (Wildman–Crippen MR) is 104 cm³/mol. The van der Waals surface area contributed by atoms with Crippen LogP contribution in [0.4, 0.5) is 10.2 Å². The van der Waals surface area contributed by atoms with Gasteiger partial charge in [-0.25, -0.2) is 9.37 Å². The number of aromatic nitrogens is 1. The highest BCUT2D eigenvalue weighted by Crippen LogP contribution is 2.41. The summed E-state index contributed by atoms with van der Waals surface area (Å²) in [5, 5.41) is 2.69. The second-order valence-corrected chi connectivity index (χ2v) is 7.38. The monoisotopic (exact) mass is 380 g/mol. The van der Waals surface area contributed by atoms with Crippen LogP contribution in [0.5, 0.6) is 0 Å². The van der Waals surface area contributed by atoms with E-state index in [4.69, 9.17) is 5.73 Å². The average Bonchev–Trinajstić information content (AvgIpc) is 2.86. The molecule has 2 aliphatic rings. The number of nitrogens with one attached hydrogen (secondary N) is 1. The van der Waals surface area contributed by atoms with Gasteiger partial charge in [0.05, 0.1) is 11.7 Å². The molecular formula is C21H21FN4O2. The average molecular weight is 380 g/mol. The minimum atomic E-state index is -0.643. The van der Waals surface area contributed by atoms with Crippen molar-refractivity contribution >= 4 is 17.6 Å². The first-order chi connectivity index (χ1) is 13.3. The smallest absolute Gasteiger partial charge is 0.255 e. The first-order valence-corrected chi connectivity index (χ1v) is 9.16. The number of fused-ring (bicyclic) bond motifs is 1. The molecule has 6 nitrogen and oxygen atoms in total. The van der Waals surface area contributed by atoms with Crippen LogP contribution in [0.25, 0.3) is 11.3 Å². The van der Waals surface area contributed by atoms with E-state index in [1.54, 1.807) is 31.2 Å². The van der Waals surface area contributed by atoms with E-state index in [1.807, 2.05) is 6.92 Å². The third kappa shape index (κ3) is 2.74. The number of anilines is 1. The lowest BCUT2D eigenvalue weighted by Gasteiger charge is -2.34. The van der Waals surface area contributed by atoms with Crippen molar-refractivity contribution in [3.05, 3.63) is 59.0 Å². The fourth-order valence-corrected chi connectivity index (χ4v) is 4.11. The van der Waals surface area contributed by atoms with Crippen molar-refractivity contribution in [1.82, 2.24) is 15.2 Å². The molecule has 1 aromatic carbocycles. The van der Waals surface area contributed by atoms with Crippen molar-refractivity contribution in [3.63, 3.8) is 0 Å². The molecule has 1 saturated heterocycles. The molecule has 7 heteroatoms. The lowest BCUT2D eigenvalue weighted by molar-refractivity contribution is -0.126. The van der Waals surface area contributed by atoms with Crippen molar-refractivity contribution in [2.24, 2.45) is 0 Å². The number of nitrogen functional groups attached to an aromatic ring is 1. The van der Waals surface area contributed by atoms with Gasteiger partial charge in [-0.15, -0.1) is 0 Å². The van der Waals surface area contributed by atoms with Crippen molar-refractivity contribution < 1.29 is 14.0 Å². The summed E-state index contributed by atoms with van der Waals surface area (Å²) in [6.45, 7) is 7.36. The Bertz CT molecular complexity index is 1010. The molecule has 0 saturated carbocycles. The van der Waals surface area contributed by atoms with Gasteiger partial charge in [0, 0.05) is 22.4 Å². The summed E-state index contributed by atoms with van der Waals surface area (Å²) < 4.78 is 15.5. The highest BCUT2D eigenvalue weighted by Gasteiger charge is 2.44. The third-order valence-electron chi connectivity index (χ3n) is 5.40. The van der Waals surface area contributed by atoms with Crippen molar-refractivity contribution in [3.8, 4) is 11.3 Å². The zero-order chi connectivity index (χ0) is 20.2. The number of aryl methyl sites for hydroxylation is 1. The minimum Gasteiger partial charge on any atom is -0.384 e. The van der Waals surface area contributed by atoms with Crippen LogP contribution in [0.1, 0.15) is 47.3 Å². The van der Waals surface area contributed by atoms with Crippen LogP contribution in [0.15, 0.2) is 36.5 Å². The lowest BCUT2D eigenvalue weighted by Crippen LogP contribution is -2.50. The van der Waals surface area contributed by atoms with Crippen molar-refractivity contribution in [1.29, 1.82) is 0 Å². The standard InChI is InChI=1S/C21H21FN4O2/c1-10-8-15(25-17(23)9-10)13-5-6-14-18(19(13)22)12(3)26(21(14)28)16-7-4-11(2)24-20(16)27/h5-6,8-9,12,16H,2,4,7H2,1,3H3,(H2,23,25)(H,24,27). The van der Waals surface area contributed by atoms with E-state index < -0.39 is 17.9 Å². The van der Waals surface area contributed by atoms with E-state index in [0.717, 1.165) is 5.56 Å². The number of nitrogens with two attached hydrogens (primary N) is 1. The number of piperidine rings is 1. The van der Waals surface area contributed by atoms with Gasteiger partial charge in [-0.1, -0.05) is 6.58 Å². The highest BCUT2D eigenvalue weighted by molar-refractivity contribution is 6.02. The fraction of sp³-hybridized carbons (Fsp3) is 0.286. The summed E-state index contributed by atoms with van der Waals surface area (Å²) in [6.07, 6.45) is 1.06. The Balaban J connectivity index is 1.77. The molecule has 144 valence electrons. The second-order valence-electron chi connectivity index (χ2n) is 7.38. The third-order valence-corrected chi connectivity index (χ3v) is 5.40. The molecule has 2 unspecified atom stereocenters. The Hall–Kier alpha value is -3.22. The Morgan fingerprint density at radius 1 is 1.29 bits per heavy atom. The maximum atomic E-state index is 15.5. The van der Waals surface area contributed by atoms with Crippen molar-refractivity contribution in [2.75, 3.05) is 5.73 Å². The summed E-state index contributed by atoms with van der Waals surface area (Å²) >= 11 is 0.